The van der Waals surface area contributed by atoms with Gasteiger partial charge in [-0.25, -0.2) is 0 Å². The van der Waals surface area contributed by atoms with Crippen molar-refractivity contribution in [3.8, 4) is 0 Å². The summed E-state index contributed by atoms with van der Waals surface area (Å²) < 4.78 is 2.13. The summed E-state index contributed by atoms with van der Waals surface area (Å²) in [4.78, 5) is 0. The molecule has 0 fully saturated rings. The molecule has 0 aliphatic carbocycles. The van der Waals surface area contributed by atoms with Crippen LogP contribution in [0.3, 0.4) is 0 Å². The van der Waals surface area contributed by atoms with Gasteiger partial charge in [-0.15, -0.1) is 0 Å². The van der Waals surface area contributed by atoms with Crippen molar-refractivity contribution in [3.05, 3.63) is 17.5 Å². The highest BCUT2D eigenvalue weighted by molar-refractivity contribution is 5.19. The molecule has 1 rings (SSSR count). The van der Waals surface area contributed by atoms with Gasteiger partial charge in [0.15, 0.2) is 0 Å². The summed E-state index contributed by atoms with van der Waals surface area (Å²) in [6.45, 7) is 7.55. The molecule has 0 saturated carbocycles. The number of rotatable bonds is 6. The zero-order valence-corrected chi connectivity index (χ0v) is 10.4. The third kappa shape index (κ3) is 3.06. The lowest BCUT2D eigenvalue weighted by atomic mass is 10.1. The summed E-state index contributed by atoms with van der Waals surface area (Å²) >= 11 is 0. The number of hydrogen-bond donors (Lipinski definition) is 1. The Morgan fingerprint density at radius 2 is 2.20 bits per heavy atom. The predicted octanol–water partition coefficient (Wildman–Crippen LogP) is 2.01. The molecule has 0 aliphatic heterocycles. The van der Waals surface area contributed by atoms with Crippen LogP contribution in [0.1, 0.15) is 38.4 Å². The van der Waals surface area contributed by atoms with E-state index in [1.165, 1.54) is 17.7 Å². The van der Waals surface area contributed by atoms with Gasteiger partial charge in [-0.2, -0.15) is 5.10 Å². The van der Waals surface area contributed by atoms with E-state index in [2.05, 4.69) is 35.9 Å². The van der Waals surface area contributed by atoms with Crippen molar-refractivity contribution in [1.29, 1.82) is 0 Å². The standard InChI is InChI=1S/C12H23N3/c1-5-7-12-11(8-10(3)13-4)9-14-15(12)6-2/h9-10,13H,5-8H2,1-4H3. The minimum absolute atomic E-state index is 0.523. The first-order valence-corrected chi connectivity index (χ1v) is 5.93. The van der Waals surface area contributed by atoms with Gasteiger partial charge in [0.1, 0.15) is 0 Å². The molecular formula is C12H23N3. The van der Waals surface area contributed by atoms with Crippen LogP contribution in [0.4, 0.5) is 0 Å². The van der Waals surface area contributed by atoms with Crippen LogP contribution in [0.2, 0.25) is 0 Å². The Bertz CT molecular complexity index is 291. The van der Waals surface area contributed by atoms with Crippen molar-refractivity contribution >= 4 is 0 Å². The number of aryl methyl sites for hydroxylation is 1. The number of aromatic nitrogens is 2. The molecule has 0 amide bonds. The highest BCUT2D eigenvalue weighted by Crippen LogP contribution is 2.13. The van der Waals surface area contributed by atoms with Crippen LogP contribution < -0.4 is 5.32 Å². The van der Waals surface area contributed by atoms with E-state index in [-0.39, 0.29) is 0 Å². The first kappa shape index (κ1) is 12.2. The number of hydrogen-bond acceptors (Lipinski definition) is 2. The van der Waals surface area contributed by atoms with Gasteiger partial charge < -0.3 is 5.32 Å². The maximum absolute atomic E-state index is 4.43. The van der Waals surface area contributed by atoms with Crippen molar-refractivity contribution in [2.24, 2.45) is 0 Å². The van der Waals surface area contributed by atoms with Gasteiger partial charge in [0.05, 0.1) is 6.20 Å². The molecule has 1 unspecified atom stereocenters. The van der Waals surface area contributed by atoms with Gasteiger partial charge >= 0.3 is 0 Å². The molecule has 0 aliphatic rings. The lowest BCUT2D eigenvalue weighted by Gasteiger charge is -2.11. The summed E-state index contributed by atoms with van der Waals surface area (Å²) in [6.07, 6.45) is 5.43. The molecule has 3 heteroatoms. The lowest BCUT2D eigenvalue weighted by Crippen LogP contribution is -2.24. The quantitative estimate of drug-likeness (QED) is 0.776. The number of likely N-dealkylation sites (N-methyl/N-ethyl adjacent to an activating group) is 1. The van der Waals surface area contributed by atoms with E-state index >= 15 is 0 Å². The van der Waals surface area contributed by atoms with Crippen molar-refractivity contribution in [1.82, 2.24) is 15.1 Å². The Hall–Kier alpha value is -0.830. The Morgan fingerprint density at radius 1 is 1.47 bits per heavy atom. The fraction of sp³-hybridized carbons (Fsp3) is 0.750. The first-order valence-electron chi connectivity index (χ1n) is 5.93. The van der Waals surface area contributed by atoms with Crippen LogP contribution in [-0.2, 0) is 19.4 Å². The molecule has 0 aromatic carbocycles. The molecule has 3 nitrogen and oxygen atoms in total. The van der Waals surface area contributed by atoms with Crippen LogP contribution in [0.15, 0.2) is 6.20 Å². The van der Waals surface area contributed by atoms with Gasteiger partial charge in [0.2, 0.25) is 0 Å². The summed E-state index contributed by atoms with van der Waals surface area (Å²) in [5.41, 5.74) is 2.82. The van der Waals surface area contributed by atoms with Gasteiger partial charge in [0, 0.05) is 18.3 Å². The molecule has 86 valence electrons. The van der Waals surface area contributed by atoms with E-state index in [9.17, 15) is 0 Å². The fourth-order valence-corrected chi connectivity index (χ4v) is 1.85. The topological polar surface area (TPSA) is 29.9 Å². The predicted molar refractivity (Wildman–Crippen MR) is 64.1 cm³/mol. The molecule has 0 saturated heterocycles. The van der Waals surface area contributed by atoms with Crippen LogP contribution in [0.25, 0.3) is 0 Å². The second kappa shape index (κ2) is 5.91. The highest BCUT2D eigenvalue weighted by Gasteiger charge is 2.11. The smallest absolute Gasteiger partial charge is 0.0525 e. The molecule has 1 N–H and O–H groups in total. The van der Waals surface area contributed by atoms with Gasteiger partial charge in [-0.3, -0.25) is 4.68 Å². The maximum Gasteiger partial charge on any atom is 0.0525 e. The second-order valence-corrected chi connectivity index (χ2v) is 4.08. The average molecular weight is 209 g/mol. The SMILES string of the molecule is CCCc1c(CC(C)NC)cnn1CC. The van der Waals surface area contributed by atoms with E-state index in [1.807, 2.05) is 13.2 Å². The molecule has 15 heavy (non-hydrogen) atoms. The van der Waals surface area contributed by atoms with Crippen molar-refractivity contribution in [3.63, 3.8) is 0 Å². The Kier molecular flexibility index (Phi) is 4.82. The first-order chi connectivity index (χ1) is 7.22. The molecule has 1 atom stereocenters. The van der Waals surface area contributed by atoms with Crippen molar-refractivity contribution in [2.75, 3.05) is 7.05 Å². The van der Waals surface area contributed by atoms with E-state index in [1.54, 1.807) is 0 Å². The van der Waals surface area contributed by atoms with Crippen LogP contribution in [0, 0.1) is 0 Å². The summed E-state index contributed by atoms with van der Waals surface area (Å²) in [6, 6.07) is 0.523. The van der Waals surface area contributed by atoms with E-state index in [0.717, 1.165) is 19.4 Å². The van der Waals surface area contributed by atoms with Crippen LogP contribution in [0.5, 0.6) is 0 Å². The molecular weight excluding hydrogens is 186 g/mol. The van der Waals surface area contributed by atoms with E-state index < -0.39 is 0 Å². The average Bonchev–Trinajstić information content (AvgIpc) is 2.61. The zero-order valence-electron chi connectivity index (χ0n) is 10.4. The normalized spacial score (nSPS) is 13.1. The number of nitrogens with one attached hydrogen (secondary N) is 1. The van der Waals surface area contributed by atoms with E-state index in [4.69, 9.17) is 0 Å². The Labute approximate surface area is 92.9 Å². The summed E-state index contributed by atoms with van der Waals surface area (Å²) in [5, 5.41) is 7.70. The van der Waals surface area contributed by atoms with Crippen LogP contribution in [-0.4, -0.2) is 22.9 Å². The third-order valence-corrected chi connectivity index (χ3v) is 2.84. The molecule has 0 bridgehead atoms. The summed E-state index contributed by atoms with van der Waals surface area (Å²) in [7, 11) is 2.01. The Morgan fingerprint density at radius 3 is 2.73 bits per heavy atom. The molecule has 1 heterocycles. The minimum atomic E-state index is 0.523. The second-order valence-electron chi connectivity index (χ2n) is 4.08. The molecule has 1 aromatic rings. The molecule has 0 radical (unpaired) electrons. The summed E-state index contributed by atoms with van der Waals surface area (Å²) in [5.74, 6) is 0. The lowest BCUT2D eigenvalue weighted by molar-refractivity contribution is 0.590. The van der Waals surface area contributed by atoms with Crippen molar-refractivity contribution in [2.45, 2.75) is 52.6 Å². The molecule has 1 aromatic heterocycles. The Balaban J connectivity index is 2.81. The molecule has 0 spiro atoms. The van der Waals surface area contributed by atoms with E-state index in [0.29, 0.717) is 6.04 Å². The zero-order chi connectivity index (χ0) is 11.3. The fourth-order valence-electron chi connectivity index (χ4n) is 1.85. The van der Waals surface area contributed by atoms with Crippen molar-refractivity contribution < 1.29 is 0 Å². The van der Waals surface area contributed by atoms with Crippen LogP contribution >= 0.6 is 0 Å². The number of nitrogens with zero attached hydrogens (tertiary/aromatic N) is 2. The van der Waals surface area contributed by atoms with Gasteiger partial charge in [-0.1, -0.05) is 13.3 Å². The van der Waals surface area contributed by atoms with Gasteiger partial charge in [0.25, 0.3) is 0 Å². The minimum Gasteiger partial charge on any atom is -0.317 e. The largest absolute Gasteiger partial charge is 0.317 e. The van der Waals surface area contributed by atoms with Gasteiger partial charge in [-0.05, 0) is 39.3 Å². The monoisotopic (exact) mass is 209 g/mol. The maximum atomic E-state index is 4.43. The third-order valence-electron chi connectivity index (χ3n) is 2.84. The highest BCUT2D eigenvalue weighted by atomic mass is 15.3.